The molecule has 0 aliphatic rings. The number of hydrogen-bond donors (Lipinski definition) is 2. The van der Waals surface area contributed by atoms with Crippen molar-refractivity contribution >= 4 is 70.5 Å². The number of ether oxygens (including phenoxy) is 2. The van der Waals surface area contributed by atoms with E-state index < -0.39 is 5.41 Å². The van der Waals surface area contributed by atoms with Gasteiger partial charge in [-0.05, 0) is 119 Å². The molecule has 1 unspecified atom stereocenters. The lowest BCUT2D eigenvalue weighted by Gasteiger charge is -2.39. The van der Waals surface area contributed by atoms with Crippen molar-refractivity contribution in [3.63, 3.8) is 0 Å². The molecule has 0 spiro atoms. The lowest BCUT2D eigenvalue weighted by Crippen LogP contribution is -2.32. The Morgan fingerprint density at radius 3 is 1.88 bits per heavy atom. The summed E-state index contributed by atoms with van der Waals surface area (Å²) < 4.78 is 11.9. The summed E-state index contributed by atoms with van der Waals surface area (Å²) in [6, 6.07) is 39.0. The molecule has 52 heavy (non-hydrogen) atoms. The summed E-state index contributed by atoms with van der Waals surface area (Å²) in [4.78, 5) is 13.6. The fraction of sp³-hybridized carbons (Fsp3) is 0.213. The maximum Gasteiger partial charge on any atom is 0.251 e. The first-order chi connectivity index (χ1) is 25.5. The Balaban J connectivity index is 1.45. The highest BCUT2D eigenvalue weighted by Gasteiger charge is 2.41. The predicted molar refractivity (Wildman–Crippen MR) is 214 cm³/mol. The number of nitrogens with one attached hydrogen (secondary N) is 1. The Kier molecular flexibility index (Phi) is 7.78. The molecule has 0 aromatic heterocycles. The van der Waals surface area contributed by atoms with Crippen molar-refractivity contribution in [2.24, 2.45) is 0 Å². The number of unbranched alkanes of at least 4 members (excludes halogenated alkanes) is 1. The van der Waals surface area contributed by atoms with E-state index in [1.54, 1.807) is 14.2 Å². The summed E-state index contributed by atoms with van der Waals surface area (Å²) in [5.74, 6) is 1.29. The molecule has 1 amide bonds. The van der Waals surface area contributed by atoms with Gasteiger partial charge in [-0.15, -0.1) is 0 Å². The molecule has 5 nitrogen and oxygen atoms in total. The average Bonchev–Trinajstić information content (AvgIpc) is 3.20. The smallest absolute Gasteiger partial charge is 0.251 e. The Morgan fingerprint density at radius 1 is 0.654 bits per heavy atom. The van der Waals surface area contributed by atoms with Gasteiger partial charge >= 0.3 is 0 Å². The van der Waals surface area contributed by atoms with Gasteiger partial charge in [0.2, 0.25) is 0 Å². The van der Waals surface area contributed by atoms with Crippen LogP contribution in [0.3, 0.4) is 0 Å². The van der Waals surface area contributed by atoms with E-state index in [1.807, 2.05) is 30.3 Å². The highest BCUT2D eigenvalue weighted by Crippen LogP contribution is 2.54. The average molecular weight is 684 g/mol. The quantitative estimate of drug-likeness (QED) is 0.0582. The molecule has 0 saturated heterocycles. The van der Waals surface area contributed by atoms with Gasteiger partial charge in [0.15, 0.2) is 0 Å². The monoisotopic (exact) mass is 683 g/mol. The molecule has 0 saturated carbocycles. The van der Waals surface area contributed by atoms with E-state index in [4.69, 9.17) is 9.47 Å². The van der Waals surface area contributed by atoms with E-state index in [-0.39, 0.29) is 12.5 Å². The minimum absolute atomic E-state index is 0.0163. The second kappa shape index (κ2) is 12.5. The highest BCUT2D eigenvalue weighted by atomic mass is 16.5. The molecule has 0 aliphatic carbocycles. The highest BCUT2D eigenvalue weighted by molar-refractivity contribution is 6.44. The van der Waals surface area contributed by atoms with Crippen LogP contribution in [-0.2, 0) is 5.41 Å². The molecule has 2 N–H and O–H groups in total. The van der Waals surface area contributed by atoms with Crippen LogP contribution in [0, 0.1) is 0 Å². The number of amides is 1. The molecule has 0 aliphatic heterocycles. The molecule has 0 radical (unpaired) electrons. The molecule has 9 rings (SSSR count). The Hall–Kier alpha value is -5.65. The Morgan fingerprint density at radius 2 is 1.27 bits per heavy atom. The third kappa shape index (κ3) is 4.62. The molecule has 0 heterocycles. The van der Waals surface area contributed by atoms with Crippen molar-refractivity contribution in [3.8, 4) is 11.5 Å². The van der Waals surface area contributed by atoms with Gasteiger partial charge in [0.1, 0.15) is 11.5 Å². The van der Waals surface area contributed by atoms with Crippen LogP contribution in [0.25, 0.3) is 64.6 Å². The first kappa shape index (κ1) is 32.3. The number of rotatable bonds is 12. The van der Waals surface area contributed by atoms with Crippen LogP contribution in [0.2, 0.25) is 0 Å². The number of carbonyl (C=O) groups excluding carboxylic acids is 1. The van der Waals surface area contributed by atoms with Gasteiger partial charge < -0.3 is 19.9 Å². The van der Waals surface area contributed by atoms with Gasteiger partial charge in [0.05, 0.1) is 14.2 Å². The lowest BCUT2D eigenvalue weighted by atomic mass is 9.64. The molecule has 1 atom stereocenters. The molecule has 9 aromatic carbocycles. The zero-order valence-electron chi connectivity index (χ0n) is 29.8. The van der Waals surface area contributed by atoms with Gasteiger partial charge in [-0.3, -0.25) is 4.79 Å². The van der Waals surface area contributed by atoms with Crippen LogP contribution >= 0.6 is 0 Å². The summed E-state index contributed by atoms with van der Waals surface area (Å²) >= 11 is 0. The van der Waals surface area contributed by atoms with E-state index in [9.17, 15) is 9.90 Å². The third-order valence-corrected chi connectivity index (χ3v) is 11.5. The normalized spacial score (nSPS) is 13.3. The van der Waals surface area contributed by atoms with Crippen molar-refractivity contribution in [3.05, 3.63) is 131 Å². The fourth-order valence-electron chi connectivity index (χ4n) is 9.11. The van der Waals surface area contributed by atoms with Gasteiger partial charge in [-0.1, -0.05) is 92.2 Å². The van der Waals surface area contributed by atoms with E-state index in [0.29, 0.717) is 36.4 Å². The van der Waals surface area contributed by atoms with Gasteiger partial charge in [0.25, 0.3) is 5.91 Å². The molecule has 0 fully saturated rings. The predicted octanol–water partition coefficient (Wildman–Crippen LogP) is 10.6. The van der Waals surface area contributed by atoms with Crippen molar-refractivity contribution in [1.29, 1.82) is 0 Å². The molecular weight excluding hydrogens is 643 g/mol. The maximum absolute atomic E-state index is 13.6. The first-order valence-electron chi connectivity index (χ1n) is 18.3. The summed E-state index contributed by atoms with van der Waals surface area (Å²) in [5.41, 5.74) is 2.81. The van der Waals surface area contributed by atoms with Crippen LogP contribution in [0.1, 0.15) is 59.7 Å². The Bertz CT molecular complexity index is 2690. The minimum atomic E-state index is -0.826. The summed E-state index contributed by atoms with van der Waals surface area (Å²) in [7, 11) is 3.36. The second-order valence-electron chi connectivity index (χ2n) is 14.2. The van der Waals surface area contributed by atoms with Crippen molar-refractivity contribution in [2.45, 2.75) is 38.0 Å². The van der Waals surface area contributed by atoms with E-state index in [2.05, 4.69) is 91.1 Å². The van der Waals surface area contributed by atoms with Gasteiger partial charge in [-0.25, -0.2) is 0 Å². The van der Waals surface area contributed by atoms with Crippen LogP contribution in [0.15, 0.2) is 109 Å². The van der Waals surface area contributed by atoms with Gasteiger partial charge in [0, 0.05) is 35.8 Å². The lowest BCUT2D eigenvalue weighted by molar-refractivity contribution is 0.0953. The molecule has 5 heteroatoms. The summed E-state index contributed by atoms with van der Waals surface area (Å²) in [6.45, 7) is 2.76. The van der Waals surface area contributed by atoms with Crippen molar-refractivity contribution in [2.75, 3.05) is 27.4 Å². The SMILES string of the molecule is CCCCNC(=O)c1cccc(C(CCCO)(c2ccc(OC)cc2OC)c2cc3ccc4ccc5ccc6ccc7ccc2c2c7c6c5c4c32)c1. The minimum Gasteiger partial charge on any atom is -0.497 e. The largest absolute Gasteiger partial charge is 0.497 e. The number of hydrogen-bond acceptors (Lipinski definition) is 4. The molecular formula is C47H41NO4. The van der Waals surface area contributed by atoms with Gasteiger partial charge in [-0.2, -0.15) is 0 Å². The summed E-state index contributed by atoms with van der Waals surface area (Å²) in [6.07, 6.45) is 3.03. The third-order valence-electron chi connectivity index (χ3n) is 11.5. The number of aliphatic hydroxyl groups is 1. The maximum atomic E-state index is 13.6. The number of carbonyl (C=O) groups is 1. The van der Waals surface area contributed by atoms with Crippen molar-refractivity contribution < 1.29 is 19.4 Å². The standard InChI is InChI=1S/C47H41NO4/c1-4-5-23-48-46(50)33-8-6-9-34(25-33)47(22-7-24-49,37-21-19-35(51-2)27-39(37)52-3)38-26-32-17-16-30-13-11-28-10-12-29-14-15-31-18-20-36(38)45-43(31)41(29)40(28)42(30)44(32)45/h6,8-21,25-27,49H,4-5,7,22-24H2,1-3H3,(H,48,50). The number of methoxy groups -OCH3 is 2. The number of benzene rings is 9. The van der Waals surface area contributed by atoms with Crippen LogP contribution in [0.4, 0.5) is 0 Å². The molecule has 9 aromatic rings. The second-order valence-corrected chi connectivity index (χ2v) is 14.2. The first-order valence-corrected chi connectivity index (χ1v) is 18.3. The molecule has 0 bridgehead atoms. The van der Waals surface area contributed by atoms with E-state index in [1.165, 1.54) is 53.9 Å². The topological polar surface area (TPSA) is 67.8 Å². The van der Waals surface area contributed by atoms with Crippen LogP contribution in [0.5, 0.6) is 11.5 Å². The van der Waals surface area contributed by atoms with Crippen LogP contribution in [-0.4, -0.2) is 38.4 Å². The van der Waals surface area contributed by atoms with E-state index >= 15 is 0 Å². The zero-order chi connectivity index (χ0) is 35.6. The van der Waals surface area contributed by atoms with Crippen LogP contribution < -0.4 is 14.8 Å². The molecule has 258 valence electrons. The van der Waals surface area contributed by atoms with E-state index in [0.717, 1.165) is 40.3 Å². The summed E-state index contributed by atoms with van der Waals surface area (Å²) in [5, 5.41) is 28.6. The number of aliphatic hydroxyl groups excluding tert-OH is 1. The van der Waals surface area contributed by atoms with Crippen molar-refractivity contribution in [1.82, 2.24) is 5.32 Å². The zero-order valence-corrected chi connectivity index (χ0v) is 29.8. The Labute approximate surface area is 302 Å². The fourth-order valence-corrected chi connectivity index (χ4v) is 9.11.